The average molecular weight is 324 g/mol. The Bertz CT molecular complexity index is 620. The lowest BCUT2D eigenvalue weighted by Gasteiger charge is -2.31. The van der Waals surface area contributed by atoms with Gasteiger partial charge in [-0.05, 0) is 43.9 Å². The van der Waals surface area contributed by atoms with Crippen molar-refractivity contribution in [3.8, 4) is 0 Å². The van der Waals surface area contributed by atoms with Gasteiger partial charge in [-0.2, -0.15) is 0 Å². The zero-order chi connectivity index (χ0) is 16.2. The molecule has 22 heavy (non-hydrogen) atoms. The molecule has 0 unspecified atom stereocenters. The number of hydrogen-bond acceptors (Lipinski definition) is 4. The number of carbonyl (C=O) groups excluding carboxylic acids is 1. The maximum Gasteiger partial charge on any atom is 0.255 e. The van der Waals surface area contributed by atoms with Crippen LogP contribution in [0.2, 0.25) is 0 Å². The molecule has 0 saturated carbocycles. The molecule has 0 atom stereocenters. The van der Waals surface area contributed by atoms with Crippen LogP contribution in [-0.2, 0) is 9.84 Å². The Labute approximate surface area is 132 Å². The fourth-order valence-corrected chi connectivity index (χ4v) is 4.37. The van der Waals surface area contributed by atoms with Crippen molar-refractivity contribution in [2.45, 2.75) is 31.1 Å². The van der Waals surface area contributed by atoms with Gasteiger partial charge in [0.15, 0.2) is 9.84 Å². The van der Waals surface area contributed by atoms with Gasteiger partial charge < -0.3 is 10.6 Å². The van der Waals surface area contributed by atoms with Crippen molar-refractivity contribution in [1.29, 1.82) is 0 Å². The Kier molecular flexibility index (Phi) is 5.58. The zero-order valence-corrected chi connectivity index (χ0v) is 13.8. The number of benzene rings is 1. The molecule has 1 aliphatic heterocycles. The van der Waals surface area contributed by atoms with Crippen LogP contribution in [0.1, 0.15) is 36.5 Å². The Morgan fingerprint density at radius 1 is 1.27 bits per heavy atom. The number of likely N-dealkylation sites (tertiary alicyclic amines) is 1. The van der Waals surface area contributed by atoms with Crippen molar-refractivity contribution in [3.05, 3.63) is 29.8 Å². The molecule has 2 rings (SSSR count). The summed E-state index contributed by atoms with van der Waals surface area (Å²) in [5.41, 5.74) is 5.96. The van der Waals surface area contributed by atoms with E-state index in [2.05, 4.69) is 0 Å². The van der Waals surface area contributed by atoms with E-state index < -0.39 is 9.84 Å². The monoisotopic (exact) mass is 324 g/mol. The molecule has 0 aliphatic carbocycles. The SMILES string of the molecule is CCCS(=O)(=O)c1ccccc1C(=O)N1CCC(CN)CC1. The first-order valence-corrected chi connectivity index (χ1v) is 9.46. The van der Waals surface area contributed by atoms with Gasteiger partial charge >= 0.3 is 0 Å². The molecule has 2 N–H and O–H groups in total. The van der Waals surface area contributed by atoms with Crippen LogP contribution in [0.5, 0.6) is 0 Å². The lowest BCUT2D eigenvalue weighted by molar-refractivity contribution is 0.0689. The van der Waals surface area contributed by atoms with Crippen molar-refractivity contribution in [2.24, 2.45) is 11.7 Å². The molecule has 5 nitrogen and oxygen atoms in total. The molecule has 6 heteroatoms. The predicted molar refractivity (Wildman–Crippen MR) is 86.5 cm³/mol. The summed E-state index contributed by atoms with van der Waals surface area (Å²) in [6.45, 7) is 3.74. The summed E-state index contributed by atoms with van der Waals surface area (Å²) >= 11 is 0. The molecule has 1 aromatic rings. The first-order chi connectivity index (χ1) is 10.5. The van der Waals surface area contributed by atoms with Crippen LogP contribution in [0.4, 0.5) is 0 Å². The summed E-state index contributed by atoms with van der Waals surface area (Å²) in [5, 5.41) is 0. The summed E-state index contributed by atoms with van der Waals surface area (Å²) in [6.07, 6.45) is 2.30. The topological polar surface area (TPSA) is 80.5 Å². The van der Waals surface area contributed by atoms with Gasteiger partial charge in [0.05, 0.1) is 16.2 Å². The first-order valence-electron chi connectivity index (χ1n) is 7.80. The largest absolute Gasteiger partial charge is 0.339 e. The molecular weight excluding hydrogens is 300 g/mol. The number of carbonyl (C=O) groups is 1. The van der Waals surface area contributed by atoms with Gasteiger partial charge in [0, 0.05) is 13.1 Å². The quantitative estimate of drug-likeness (QED) is 0.893. The average Bonchev–Trinajstić information content (AvgIpc) is 2.54. The van der Waals surface area contributed by atoms with Gasteiger partial charge in [0.1, 0.15) is 0 Å². The minimum atomic E-state index is -3.41. The Morgan fingerprint density at radius 2 is 1.91 bits per heavy atom. The highest BCUT2D eigenvalue weighted by Gasteiger charge is 2.27. The second-order valence-electron chi connectivity index (χ2n) is 5.79. The van der Waals surface area contributed by atoms with Crippen molar-refractivity contribution in [3.63, 3.8) is 0 Å². The number of nitrogens with zero attached hydrogens (tertiary/aromatic N) is 1. The molecule has 1 aromatic carbocycles. The van der Waals surface area contributed by atoms with Crippen LogP contribution in [0.25, 0.3) is 0 Å². The van der Waals surface area contributed by atoms with Crippen LogP contribution >= 0.6 is 0 Å². The second kappa shape index (κ2) is 7.24. The summed E-state index contributed by atoms with van der Waals surface area (Å²) in [5.74, 6) is 0.334. The molecule has 1 heterocycles. The molecule has 0 bridgehead atoms. The van der Waals surface area contributed by atoms with Gasteiger partial charge in [0.25, 0.3) is 5.91 Å². The van der Waals surface area contributed by atoms with Gasteiger partial charge in [-0.1, -0.05) is 19.1 Å². The molecule has 122 valence electrons. The Morgan fingerprint density at radius 3 is 2.50 bits per heavy atom. The summed E-state index contributed by atoms with van der Waals surface area (Å²) in [4.78, 5) is 14.6. The number of hydrogen-bond donors (Lipinski definition) is 1. The van der Waals surface area contributed by atoms with Gasteiger partial charge in [-0.25, -0.2) is 8.42 Å². The standard InChI is InChI=1S/C16H24N2O3S/c1-2-11-22(20,21)15-6-4-3-5-14(15)16(19)18-9-7-13(12-17)8-10-18/h3-6,13H,2,7-12,17H2,1H3. The predicted octanol–water partition coefficient (Wildman–Crippen LogP) is 1.68. The number of rotatable bonds is 5. The highest BCUT2D eigenvalue weighted by atomic mass is 32.2. The van der Waals surface area contributed by atoms with Gasteiger partial charge in [-0.3, -0.25) is 4.79 Å². The number of sulfone groups is 1. The third-order valence-electron chi connectivity index (χ3n) is 4.16. The van der Waals surface area contributed by atoms with E-state index in [0.717, 1.165) is 12.8 Å². The molecule has 1 saturated heterocycles. The van der Waals surface area contributed by atoms with Crippen LogP contribution < -0.4 is 5.73 Å². The fourth-order valence-electron chi connectivity index (χ4n) is 2.84. The fraction of sp³-hybridized carbons (Fsp3) is 0.562. The molecule has 0 spiro atoms. The highest BCUT2D eigenvalue weighted by molar-refractivity contribution is 7.91. The number of amides is 1. The van der Waals surface area contributed by atoms with E-state index in [1.165, 1.54) is 6.07 Å². The lowest BCUT2D eigenvalue weighted by atomic mass is 9.96. The number of piperidine rings is 1. The van der Waals surface area contributed by atoms with E-state index >= 15 is 0 Å². The van der Waals surface area contributed by atoms with E-state index in [1.807, 2.05) is 6.92 Å². The molecule has 0 radical (unpaired) electrons. The van der Waals surface area contributed by atoms with E-state index in [4.69, 9.17) is 5.73 Å². The molecular formula is C16H24N2O3S. The van der Waals surface area contributed by atoms with Crippen molar-refractivity contribution >= 4 is 15.7 Å². The minimum Gasteiger partial charge on any atom is -0.339 e. The summed E-state index contributed by atoms with van der Waals surface area (Å²) < 4.78 is 24.7. The third-order valence-corrected chi connectivity index (χ3v) is 6.13. The normalized spacial score (nSPS) is 16.7. The smallest absolute Gasteiger partial charge is 0.255 e. The summed E-state index contributed by atoms with van der Waals surface area (Å²) in [7, 11) is -3.41. The van der Waals surface area contributed by atoms with Crippen molar-refractivity contribution in [1.82, 2.24) is 4.90 Å². The first kappa shape index (κ1) is 17.0. The molecule has 1 amide bonds. The lowest BCUT2D eigenvalue weighted by Crippen LogP contribution is -2.40. The van der Waals surface area contributed by atoms with Crippen LogP contribution in [-0.4, -0.2) is 44.6 Å². The maximum absolute atomic E-state index is 12.7. The van der Waals surface area contributed by atoms with E-state index in [0.29, 0.717) is 37.5 Å². The van der Waals surface area contributed by atoms with Gasteiger partial charge in [-0.15, -0.1) is 0 Å². The second-order valence-corrected chi connectivity index (χ2v) is 7.86. The van der Waals surface area contributed by atoms with Crippen molar-refractivity contribution < 1.29 is 13.2 Å². The third kappa shape index (κ3) is 3.67. The van der Waals surface area contributed by atoms with Crippen LogP contribution in [0.15, 0.2) is 29.2 Å². The van der Waals surface area contributed by atoms with E-state index in [9.17, 15) is 13.2 Å². The van der Waals surface area contributed by atoms with Gasteiger partial charge in [0.2, 0.25) is 0 Å². The minimum absolute atomic E-state index is 0.0620. The molecule has 1 aliphatic rings. The Balaban J connectivity index is 2.24. The van der Waals surface area contributed by atoms with E-state index in [-0.39, 0.29) is 16.6 Å². The molecule has 0 aromatic heterocycles. The molecule has 1 fully saturated rings. The summed E-state index contributed by atoms with van der Waals surface area (Å²) in [6, 6.07) is 6.52. The van der Waals surface area contributed by atoms with E-state index in [1.54, 1.807) is 23.1 Å². The maximum atomic E-state index is 12.7. The zero-order valence-electron chi connectivity index (χ0n) is 13.0. The number of nitrogens with two attached hydrogens (primary N) is 1. The van der Waals surface area contributed by atoms with Crippen LogP contribution in [0.3, 0.4) is 0 Å². The van der Waals surface area contributed by atoms with Crippen LogP contribution in [0, 0.1) is 5.92 Å². The Hall–Kier alpha value is -1.40. The van der Waals surface area contributed by atoms with Crippen molar-refractivity contribution in [2.75, 3.05) is 25.4 Å². The highest BCUT2D eigenvalue weighted by Crippen LogP contribution is 2.23.